The van der Waals surface area contributed by atoms with Crippen molar-refractivity contribution >= 4 is 27.2 Å². The van der Waals surface area contributed by atoms with Crippen LogP contribution in [-0.4, -0.2) is 11.5 Å². The van der Waals surface area contributed by atoms with E-state index in [1.807, 2.05) is 5.51 Å². The van der Waals surface area contributed by atoms with Crippen molar-refractivity contribution in [3.63, 3.8) is 0 Å². The number of hydrogen-bond donors (Lipinski definition) is 1. The number of thiazole rings is 1. The largest absolute Gasteiger partial charge is 0.385 e. The summed E-state index contributed by atoms with van der Waals surface area (Å²) < 4.78 is 1.24. The normalized spacial score (nSPS) is 10.7. The van der Waals surface area contributed by atoms with Crippen LogP contribution >= 0.6 is 11.3 Å². The van der Waals surface area contributed by atoms with E-state index in [1.165, 1.54) is 16.0 Å². The lowest BCUT2D eigenvalue weighted by molar-refractivity contribution is 1.02. The second-order valence-corrected chi connectivity index (χ2v) is 5.08. The highest BCUT2D eigenvalue weighted by Crippen LogP contribution is 2.21. The molecule has 0 saturated carbocycles. The standard InChI is InChI=1S/C15H14N2S/c1-2-4-12(5-3-1)8-9-16-13-6-7-14-15(10-13)18-11-17-14/h1-7,10-11,16H,8-9H2. The topological polar surface area (TPSA) is 24.9 Å². The SMILES string of the molecule is c1ccc(CCNc2ccc3ncsc3c2)cc1. The minimum atomic E-state index is 0.953. The Balaban J connectivity index is 1.62. The Morgan fingerprint density at radius 2 is 1.94 bits per heavy atom. The Morgan fingerprint density at radius 1 is 1.06 bits per heavy atom. The molecule has 1 heterocycles. The highest BCUT2D eigenvalue weighted by atomic mass is 32.1. The fraction of sp³-hybridized carbons (Fsp3) is 0.133. The molecule has 0 amide bonds. The number of aromatic nitrogens is 1. The van der Waals surface area contributed by atoms with E-state index in [9.17, 15) is 0 Å². The first kappa shape index (κ1) is 11.2. The average Bonchev–Trinajstić information content (AvgIpc) is 2.87. The second kappa shape index (κ2) is 5.19. The molecule has 2 nitrogen and oxygen atoms in total. The minimum Gasteiger partial charge on any atom is -0.385 e. The van der Waals surface area contributed by atoms with Crippen LogP contribution in [0.5, 0.6) is 0 Å². The molecule has 3 heteroatoms. The predicted molar refractivity (Wildman–Crippen MR) is 78.3 cm³/mol. The molecule has 0 fully saturated rings. The third-order valence-corrected chi connectivity index (χ3v) is 3.71. The molecule has 0 aliphatic carbocycles. The van der Waals surface area contributed by atoms with Gasteiger partial charge < -0.3 is 5.32 Å². The zero-order valence-electron chi connectivity index (χ0n) is 9.97. The Labute approximate surface area is 110 Å². The van der Waals surface area contributed by atoms with Crippen LogP contribution in [0.3, 0.4) is 0 Å². The van der Waals surface area contributed by atoms with Gasteiger partial charge in [0.05, 0.1) is 15.7 Å². The molecular formula is C15H14N2S. The van der Waals surface area contributed by atoms with Crippen LogP contribution in [0, 0.1) is 0 Å². The molecular weight excluding hydrogens is 240 g/mol. The third kappa shape index (κ3) is 2.51. The smallest absolute Gasteiger partial charge is 0.0813 e. The molecule has 0 bridgehead atoms. The van der Waals surface area contributed by atoms with Gasteiger partial charge in [0.25, 0.3) is 0 Å². The van der Waals surface area contributed by atoms with E-state index < -0.39 is 0 Å². The van der Waals surface area contributed by atoms with E-state index >= 15 is 0 Å². The van der Waals surface area contributed by atoms with Gasteiger partial charge in [-0.1, -0.05) is 30.3 Å². The fourth-order valence-electron chi connectivity index (χ4n) is 1.96. The minimum absolute atomic E-state index is 0.953. The lowest BCUT2D eigenvalue weighted by Gasteiger charge is -2.06. The lowest BCUT2D eigenvalue weighted by atomic mass is 10.1. The van der Waals surface area contributed by atoms with Gasteiger partial charge in [0, 0.05) is 12.2 Å². The van der Waals surface area contributed by atoms with E-state index in [0.29, 0.717) is 0 Å². The van der Waals surface area contributed by atoms with Crippen molar-refractivity contribution < 1.29 is 0 Å². The molecule has 18 heavy (non-hydrogen) atoms. The van der Waals surface area contributed by atoms with Gasteiger partial charge in [-0.25, -0.2) is 4.98 Å². The number of fused-ring (bicyclic) bond motifs is 1. The number of benzene rings is 2. The van der Waals surface area contributed by atoms with E-state index in [-0.39, 0.29) is 0 Å². The molecule has 3 aromatic rings. The molecule has 0 radical (unpaired) electrons. The van der Waals surface area contributed by atoms with E-state index in [4.69, 9.17) is 0 Å². The van der Waals surface area contributed by atoms with Gasteiger partial charge in [-0.05, 0) is 30.2 Å². The van der Waals surface area contributed by atoms with Crippen LogP contribution in [0.1, 0.15) is 5.56 Å². The number of nitrogens with zero attached hydrogens (tertiary/aromatic N) is 1. The summed E-state index contributed by atoms with van der Waals surface area (Å²) in [6, 6.07) is 16.9. The molecule has 2 aromatic carbocycles. The van der Waals surface area contributed by atoms with Crippen molar-refractivity contribution in [1.82, 2.24) is 4.98 Å². The maximum Gasteiger partial charge on any atom is 0.0813 e. The van der Waals surface area contributed by atoms with Crippen LogP contribution in [0.4, 0.5) is 5.69 Å². The zero-order chi connectivity index (χ0) is 12.2. The van der Waals surface area contributed by atoms with Gasteiger partial charge in [-0.2, -0.15) is 0 Å². The zero-order valence-corrected chi connectivity index (χ0v) is 10.8. The molecule has 90 valence electrons. The van der Waals surface area contributed by atoms with Gasteiger partial charge in [-0.3, -0.25) is 0 Å². The Hall–Kier alpha value is -1.87. The molecule has 1 N–H and O–H groups in total. The highest BCUT2D eigenvalue weighted by Gasteiger charge is 1.98. The molecule has 0 saturated heterocycles. The van der Waals surface area contributed by atoms with Crippen LogP contribution in [0.15, 0.2) is 54.0 Å². The van der Waals surface area contributed by atoms with Crippen LogP contribution in [0.2, 0.25) is 0 Å². The molecule has 0 aliphatic rings. The summed E-state index contributed by atoms with van der Waals surface area (Å²) in [5, 5.41) is 3.45. The van der Waals surface area contributed by atoms with Crippen LogP contribution in [0.25, 0.3) is 10.2 Å². The van der Waals surface area contributed by atoms with E-state index in [2.05, 4.69) is 58.8 Å². The van der Waals surface area contributed by atoms with Crippen LogP contribution in [-0.2, 0) is 6.42 Å². The van der Waals surface area contributed by atoms with Crippen molar-refractivity contribution in [1.29, 1.82) is 0 Å². The molecule has 1 aromatic heterocycles. The highest BCUT2D eigenvalue weighted by molar-refractivity contribution is 7.16. The van der Waals surface area contributed by atoms with E-state index in [0.717, 1.165) is 18.5 Å². The Kier molecular flexibility index (Phi) is 3.24. The molecule has 0 unspecified atom stereocenters. The average molecular weight is 254 g/mol. The summed E-state index contributed by atoms with van der Waals surface area (Å²) in [5.74, 6) is 0. The molecule has 3 rings (SSSR count). The number of rotatable bonds is 4. The van der Waals surface area contributed by atoms with E-state index in [1.54, 1.807) is 11.3 Å². The Bertz CT molecular complexity index is 631. The first-order valence-electron chi connectivity index (χ1n) is 6.03. The summed E-state index contributed by atoms with van der Waals surface area (Å²) in [7, 11) is 0. The van der Waals surface area contributed by atoms with Crippen molar-refractivity contribution in [2.45, 2.75) is 6.42 Å². The van der Waals surface area contributed by atoms with Crippen LogP contribution < -0.4 is 5.32 Å². The lowest BCUT2D eigenvalue weighted by Crippen LogP contribution is -2.04. The van der Waals surface area contributed by atoms with Gasteiger partial charge in [0.1, 0.15) is 0 Å². The van der Waals surface area contributed by atoms with Gasteiger partial charge in [0.15, 0.2) is 0 Å². The molecule has 0 aliphatic heterocycles. The first-order valence-corrected chi connectivity index (χ1v) is 6.91. The van der Waals surface area contributed by atoms with Crippen molar-refractivity contribution in [3.05, 3.63) is 59.6 Å². The van der Waals surface area contributed by atoms with Crippen molar-refractivity contribution in [2.24, 2.45) is 0 Å². The maximum atomic E-state index is 4.28. The number of nitrogens with one attached hydrogen (secondary N) is 1. The second-order valence-electron chi connectivity index (χ2n) is 4.20. The van der Waals surface area contributed by atoms with Crippen molar-refractivity contribution in [2.75, 3.05) is 11.9 Å². The van der Waals surface area contributed by atoms with Gasteiger partial charge in [-0.15, -0.1) is 11.3 Å². The van der Waals surface area contributed by atoms with Gasteiger partial charge >= 0.3 is 0 Å². The fourth-order valence-corrected chi connectivity index (χ4v) is 2.68. The van der Waals surface area contributed by atoms with Crippen molar-refractivity contribution in [3.8, 4) is 0 Å². The summed E-state index contributed by atoms with van der Waals surface area (Å²) >= 11 is 1.68. The summed E-state index contributed by atoms with van der Waals surface area (Å²) in [5.41, 5.74) is 5.50. The Morgan fingerprint density at radius 3 is 2.83 bits per heavy atom. The predicted octanol–water partition coefficient (Wildman–Crippen LogP) is 3.95. The summed E-state index contributed by atoms with van der Waals surface area (Å²) in [6.45, 7) is 0.953. The molecule has 0 spiro atoms. The number of anilines is 1. The summed E-state index contributed by atoms with van der Waals surface area (Å²) in [6.07, 6.45) is 1.04. The first-order chi connectivity index (χ1) is 8.92. The summed E-state index contributed by atoms with van der Waals surface area (Å²) in [4.78, 5) is 4.28. The monoisotopic (exact) mass is 254 g/mol. The molecule has 0 atom stereocenters. The quantitative estimate of drug-likeness (QED) is 0.762. The third-order valence-electron chi connectivity index (χ3n) is 2.92. The van der Waals surface area contributed by atoms with Gasteiger partial charge in [0.2, 0.25) is 0 Å². The maximum absolute atomic E-state index is 4.28. The number of hydrogen-bond acceptors (Lipinski definition) is 3.